The van der Waals surface area contributed by atoms with Gasteiger partial charge in [-0.3, -0.25) is 0 Å². The quantitative estimate of drug-likeness (QED) is 0.877. The van der Waals surface area contributed by atoms with E-state index in [0.717, 1.165) is 12.2 Å². The third-order valence-corrected chi connectivity index (χ3v) is 2.84. The molecule has 2 rings (SSSR count). The van der Waals surface area contributed by atoms with Crippen molar-refractivity contribution in [3.63, 3.8) is 0 Å². The zero-order chi connectivity index (χ0) is 14.5. The second kappa shape index (κ2) is 6.52. The van der Waals surface area contributed by atoms with Crippen LogP contribution >= 0.6 is 0 Å². The monoisotopic (exact) mass is 275 g/mol. The standard InChI is InChI=1S/C15H21N3O2/c1-10(2)15-17-14(20-18-15)9-19-13-6-4-12(5-7-13)8-11(3)16/h4-7,10-11H,8-9,16H2,1-3H3. The maximum atomic E-state index is 5.76. The minimum atomic E-state index is 0.162. The number of hydrogen-bond acceptors (Lipinski definition) is 5. The summed E-state index contributed by atoms with van der Waals surface area (Å²) in [5.74, 6) is 2.23. The first-order chi connectivity index (χ1) is 9.54. The summed E-state index contributed by atoms with van der Waals surface area (Å²) in [6.07, 6.45) is 0.863. The van der Waals surface area contributed by atoms with E-state index < -0.39 is 0 Å². The van der Waals surface area contributed by atoms with Gasteiger partial charge in [0.05, 0.1) is 0 Å². The zero-order valence-electron chi connectivity index (χ0n) is 12.2. The molecule has 2 N–H and O–H groups in total. The largest absolute Gasteiger partial charge is 0.484 e. The Balaban J connectivity index is 1.90. The summed E-state index contributed by atoms with van der Waals surface area (Å²) in [6.45, 7) is 6.32. The van der Waals surface area contributed by atoms with Crippen molar-refractivity contribution in [3.05, 3.63) is 41.5 Å². The van der Waals surface area contributed by atoms with E-state index in [9.17, 15) is 0 Å². The molecule has 0 radical (unpaired) electrons. The van der Waals surface area contributed by atoms with Gasteiger partial charge in [0, 0.05) is 12.0 Å². The van der Waals surface area contributed by atoms with Crippen molar-refractivity contribution in [1.82, 2.24) is 10.1 Å². The second-order valence-electron chi connectivity index (χ2n) is 5.32. The van der Waals surface area contributed by atoms with Gasteiger partial charge < -0.3 is 15.0 Å². The molecular formula is C15H21N3O2. The molecule has 0 saturated carbocycles. The molecule has 0 aliphatic rings. The number of aromatic nitrogens is 2. The van der Waals surface area contributed by atoms with E-state index in [1.54, 1.807) is 0 Å². The molecular weight excluding hydrogens is 254 g/mol. The van der Waals surface area contributed by atoms with Gasteiger partial charge in [0.1, 0.15) is 5.75 Å². The molecule has 1 heterocycles. The fourth-order valence-electron chi connectivity index (χ4n) is 1.80. The number of ether oxygens (including phenoxy) is 1. The average molecular weight is 275 g/mol. The van der Waals surface area contributed by atoms with Crippen LogP contribution in [-0.4, -0.2) is 16.2 Å². The first-order valence-corrected chi connectivity index (χ1v) is 6.84. The highest BCUT2D eigenvalue weighted by Gasteiger charge is 2.10. The Bertz CT molecular complexity index is 532. The Morgan fingerprint density at radius 3 is 2.45 bits per heavy atom. The van der Waals surface area contributed by atoms with Gasteiger partial charge in [-0.15, -0.1) is 0 Å². The molecule has 0 amide bonds. The lowest BCUT2D eigenvalue weighted by atomic mass is 10.1. The minimum absolute atomic E-state index is 0.162. The Hall–Kier alpha value is -1.88. The lowest BCUT2D eigenvalue weighted by Gasteiger charge is -2.07. The third-order valence-electron chi connectivity index (χ3n) is 2.84. The zero-order valence-corrected chi connectivity index (χ0v) is 12.2. The summed E-state index contributed by atoms with van der Waals surface area (Å²) in [7, 11) is 0. The van der Waals surface area contributed by atoms with E-state index in [4.69, 9.17) is 15.0 Å². The lowest BCUT2D eigenvalue weighted by molar-refractivity contribution is 0.242. The molecule has 0 spiro atoms. The van der Waals surface area contributed by atoms with Crippen molar-refractivity contribution in [2.24, 2.45) is 5.73 Å². The Kier molecular flexibility index (Phi) is 4.74. The van der Waals surface area contributed by atoms with Gasteiger partial charge in [0.15, 0.2) is 12.4 Å². The van der Waals surface area contributed by atoms with Crippen LogP contribution in [0.25, 0.3) is 0 Å². The van der Waals surface area contributed by atoms with E-state index in [0.29, 0.717) is 11.7 Å². The number of benzene rings is 1. The molecule has 0 fully saturated rings. The van der Waals surface area contributed by atoms with Crippen LogP contribution in [0.4, 0.5) is 0 Å². The normalized spacial score (nSPS) is 12.7. The summed E-state index contributed by atoms with van der Waals surface area (Å²) in [6, 6.07) is 8.06. The number of nitrogens with two attached hydrogens (primary N) is 1. The third kappa shape index (κ3) is 4.06. The minimum Gasteiger partial charge on any atom is -0.484 e. The fraction of sp³-hybridized carbons (Fsp3) is 0.467. The maximum absolute atomic E-state index is 5.76. The van der Waals surface area contributed by atoms with Gasteiger partial charge in [-0.25, -0.2) is 0 Å². The van der Waals surface area contributed by atoms with Crippen LogP contribution in [0.2, 0.25) is 0 Å². The van der Waals surface area contributed by atoms with E-state index in [1.165, 1.54) is 5.56 Å². The molecule has 0 aliphatic carbocycles. The van der Waals surface area contributed by atoms with Crippen molar-refractivity contribution in [3.8, 4) is 5.75 Å². The highest BCUT2D eigenvalue weighted by molar-refractivity contribution is 5.27. The molecule has 5 heteroatoms. The van der Waals surface area contributed by atoms with E-state index in [2.05, 4.69) is 10.1 Å². The Morgan fingerprint density at radius 2 is 1.90 bits per heavy atom. The fourth-order valence-corrected chi connectivity index (χ4v) is 1.80. The number of hydrogen-bond donors (Lipinski definition) is 1. The molecule has 0 aliphatic heterocycles. The van der Waals surface area contributed by atoms with E-state index >= 15 is 0 Å². The summed E-state index contributed by atoms with van der Waals surface area (Å²) in [5.41, 5.74) is 6.97. The van der Waals surface area contributed by atoms with Crippen LogP contribution in [0.3, 0.4) is 0 Å². The molecule has 1 aromatic carbocycles. The summed E-state index contributed by atoms with van der Waals surface area (Å²) >= 11 is 0. The van der Waals surface area contributed by atoms with Crippen molar-refractivity contribution < 1.29 is 9.26 Å². The van der Waals surface area contributed by atoms with Gasteiger partial charge in [0.25, 0.3) is 5.89 Å². The van der Waals surface area contributed by atoms with Crippen molar-refractivity contribution in [2.75, 3.05) is 0 Å². The first kappa shape index (κ1) is 14.5. The van der Waals surface area contributed by atoms with Crippen molar-refractivity contribution in [2.45, 2.75) is 45.8 Å². The van der Waals surface area contributed by atoms with Gasteiger partial charge in [0.2, 0.25) is 0 Å². The lowest BCUT2D eigenvalue weighted by Crippen LogP contribution is -2.17. The number of nitrogens with zero attached hydrogens (tertiary/aromatic N) is 2. The molecule has 5 nitrogen and oxygen atoms in total. The molecule has 1 aromatic heterocycles. The Labute approximate surface area is 119 Å². The van der Waals surface area contributed by atoms with Crippen molar-refractivity contribution >= 4 is 0 Å². The summed E-state index contributed by atoms with van der Waals surface area (Å²) < 4.78 is 10.7. The first-order valence-electron chi connectivity index (χ1n) is 6.84. The topological polar surface area (TPSA) is 74.2 Å². The van der Waals surface area contributed by atoms with Crippen LogP contribution in [0.15, 0.2) is 28.8 Å². The van der Waals surface area contributed by atoms with Crippen LogP contribution in [0, 0.1) is 0 Å². The van der Waals surface area contributed by atoms with Crippen LogP contribution in [-0.2, 0) is 13.0 Å². The molecule has 2 aromatic rings. The highest BCUT2D eigenvalue weighted by atomic mass is 16.5. The molecule has 0 saturated heterocycles. The molecule has 108 valence electrons. The second-order valence-corrected chi connectivity index (χ2v) is 5.32. The average Bonchev–Trinajstić information content (AvgIpc) is 2.86. The van der Waals surface area contributed by atoms with Crippen LogP contribution in [0.1, 0.15) is 44.0 Å². The maximum Gasteiger partial charge on any atom is 0.264 e. The Morgan fingerprint density at radius 1 is 1.20 bits per heavy atom. The predicted molar refractivity (Wildman–Crippen MR) is 76.5 cm³/mol. The number of rotatable bonds is 6. The van der Waals surface area contributed by atoms with E-state index in [-0.39, 0.29) is 18.6 Å². The SMILES string of the molecule is CC(N)Cc1ccc(OCc2nc(C(C)C)no2)cc1. The highest BCUT2D eigenvalue weighted by Crippen LogP contribution is 2.15. The molecule has 20 heavy (non-hydrogen) atoms. The molecule has 1 unspecified atom stereocenters. The summed E-state index contributed by atoms with van der Waals surface area (Å²) in [4.78, 5) is 4.26. The predicted octanol–water partition coefficient (Wildman–Crippen LogP) is 2.66. The smallest absolute Gasteiger partial charge is 0.264 e. The van der Waals surface area contributed by atoms with Gasteiger partial charge >= 0.3 is 0 Å². The molecule has 0 bridgehead atoms. The van der Waals surface area contributed by atoms with Crippen molar-refractivity contribution in [1.29, 1.82) is 0 Å². The summed E-state index contributed by atoms with van der Waals surface area (Å²) in [5, 5.41) is 3.89. The van der Waals surface area contributed by atoms with Gasteiger partial charge in [-0.2, -0.15) is 4.98 Å². The van der Waals surface area contributed by atoms with E-state index in [1.807, 2.05) is 45.0 Å². The van der Waals surface area contributed by atoms with Crippen LogP contribution in [0.5, 0.6) is 5.75 Å². The van der Waals surface area contributed by atoms with Crippen LogP contribution < -0.4 is 10.5 Å². The van der Waals surface area contributed by atoms with Gasteiger partial charge in [-0.1, -0.05) is 31.1 Å². The van der Waals surface area contributed by atoms with Gasteiger partial charge in [-0.05, 0) is 31.0 Å². The molecule has 1 atom stereocenters.